The SMILES string of the molecule is Cc1ccc(-c2[nH]ncc2/C=C2\SC(=N)N(c3nccs3)C2=O)cc1F. The number of carbonyl (C=O) groups excluding carboxylic acids is 1. The second kappa shape index (κ2) is 6.50. The highest BCUT2D eigenvalue weighted by Gasteiger charge is 2.35. The van der Waals surface area contributed by atoms with E-state index < -0.39 is 0 Å². The van der Waals surface area contributed by atoms with Crippen LogP contribution in [0.15, 0.2) is 40.9 Å². The number of benzene rings is 1. The summed E-state index contributed by atoms with van der Waals surface area (Å²) in [7, 11) is 0. The van der Waals surface area contributed by atoms with Crippen molar-refractivity contribution >= 4 is 45.4 Å². The first-order chi connectivity index (χ1) is 12.5. The lowest BCUT2D eigenvalue weighted by molar-refractivity contribution is -0.113. The van der Waals surface area contributed by atoms with Crippen LogP contribution in [0, 0.1) is 18.2 Å². The molecular weight excluding hydrogens is 373 g/mol. The summed E-state index contributed by atoms with van der Waals surface area (Å²) in [5, 5.41) is 17.2. The van der Waals surface area contributed by atoms with Gasteiger partial charge in [-0.2, -0.15) is 5.10 Å². The van der Waals surface area contributed by atoms with Crippen molar-refractivity contribution in [2.45, 2.75) is 6.92 Å². The van der Waals surface area contributed by atoms with Gasteiger partial charge >= 0.3 is 0 Å². The average Bonchev–Trinajstić information content (AvgIpc) is 3.33. The topological polar surface area (TPSA) is 85.7 Å². The normalized spacial score (nSPS) is 16.1. The van der Waals surface area contributed by atoms with E-state index in [1.807, 2.05) is 0 Å². The van der Waals surface area contributed by atoms with Gasteiger partial charge in [0.1, 0.15) is 5.82 Å². The average molecular weight is 385 g/mol. The molecule has 0 atom stereocenters. The molecule has 3 heterocycles. The maximum Gasteiger partial charge on any atom is 0.273 e. The summed E-state index contributed by atoms with van der Waals surface area (Å²) in [6.45, 7) is 1.70. The minimum absolute atomic E-state index is 0.0997. The Kier molecular flexibility index (Phi) is 4.17. The first-order valence-electron chi connectivity index (χ1n) is 7.56. The third kappa shape index (κ3) is 2.85. The second-order valence-corrected chi connectivity index (χ2v) is 7.44. The quantitative estimate of drug-likeness (QED) is 0.667. The minimum Gasteiger partial charge on any atom is -0.278 e. The van der Waals surface area contributed by atoms with Gasteiger partial charge in [0, 0.05) is 22.7 Å². The lowest BCUT2D eigenvalue weighted by Gasteiger charge is -2.08. The fourth-order valence-corrected chi connectivity index (χ4v) is 4.05. The smallest absolute Gasteiger partial charge is 0.273 e. The molecule has 0 unspecified atom stereocenters. The monoisotopic (exact) mass is 385 g/mol. The molecular formula is C17H12FN5OS2. The largest absolute Gasteiger partial charge is 0.278 e. The van der Waals surface area contributed by atoms with Gasteiger partial charge < -0.3 is 0 Å². The number of nitrogens with one attached hydrogen (secondary N) is 2. The number of aromatic nitrogens is 3. The summed E-state index contributed by atoms with van der Waals surface area (Å²) < 4.78 is 13.9. The summed E-state index contributed by atoms with van der Waals surface area (Å²) in [5.74, 6) is -0.615. The fraction of sp³-hybridized carbons (Fsp3) is 0.0588. The van der Waals surface area contributed by atoms with E-state index in [0.717, 1.165) is 11.8 Å². The molecule has 1 saturated heterocycles. The second-order valence-electron chi connectivity index (χ2n) is 5.54. The predicted molar refractivity (Wildman–Crippen MR) is 102 cm³/mol. The number of aromatic amines is 1. The Morgan fingerprint density at radius 3 is 2.96 bits per heavy atom. The Morgan fingerprint density at radius 2 is 2.23 bits per heavy atom. The molecule has 6 nitrogen and oxygen atoms in total. The molecule has 3 aromatic rings. The zero-order chi connectivity index (χ0) is 18.3. The minimum atomic E-state index is -0.308. The zero-order valence-electron chi connectivity index (χ0n) is 13.5. The molecule has 0 saturated carbocycles. The molecule has 0 radical (unpaired) electrons. The highest BCUT2D eigenvalue weighted by atomic mass is 32.2. The van der Waals surface area contributed by atoms with E-state index in [1.54, 1.807) is 42.9 Å². The van der Waals surface area contributed by atoms with Gasteiger partial charge in [-0.25, -0.2) is 14.3 Å². The van der Waals surface area contributed by atoms with Crippen LogP contribution in [0.25, 0.3) is 17.3 Å². The van der Waals surface area contributed by atoms with Crippen molar-refractivity contribution in [2.75, 3.05) is 4.90 Å². The van der Waals surface area contributed by atoms with E-state index in [0.29, 0.717) is 32.4 Å². The Morgan fingerprint density at radius 1 is 1.38 bits per heavy atom. The third-order valence-corrected chi connectivity index (χ3v) is 5.49. The number of carbonyl (C=O) groups is 1. The molecule has 1 aliphatic heterocycles. The van der Waals surface area contributed by atoms with Crippen LogP contribution in [0.4, 0.5) is 9.52 Å². The van der Waals surface area contributed by atoms with Crippen LogP contribution in [0.1, 0.15) is 11.1 Å². The molecule has 2 aromatic heterocycles. The Labute approximate surface area is 156 Å². The van der Waals surface area contributed by atoms with Gasteiger partial charge in [0.05, 0.1) is 16.8 Å². The van der Waals surface area contributed by atoms with Crippen LogP contribution in [-0.2, 0) is 4.79 Å². The zero-order valence-corrected chi connectivity index (χ0v) is 15.1. The Hall–Kier alpha value is -2.78. The van der Waals surface area contributed by atoms with Gasteiger partial charge in [-0.05, 0) is 36.4 Å². The first kappa shape index (κ1) is 16.7. The van der Waals surface area contributed by atoms with E-state index in [2.05, 4.69) is 15.2 Å². The van der Waals surface area contributed by atoms with Gasteiger partial charge in [-0.1, -0.05) is 12.1 Å². The lowest BCUT2D eigenvalue weighted by atomic mass is 10.1. The third-order valence-electron chi connectivity index (χ3n) is 3.85. The number of amides is 1. The number of H-pyrrole nitrogens is 1. The Balaban J connectivity index is 1.70. The molecule has 1 fully saturated rings. The van der Waals surface area contributed by atoms with Crippen LogP contribution >= 0.6 is 23.1 Å². The molecule has 1 aliphatic rings. The van der Waals surface area contributed by atoms with Crippen molar-refractivity contribution in [3.8, 4) is 11.3 Å². The predicted octanol–water partition coefficient (Wildman–Crippen LogP) is 4.04. The van der Waals surface area contributed by atoms with Crippen molar-refractivity contribution in [3.05, 3.63) is 57.8 Å². The molecule has 0 aliphatic carbocycles. The number of halogens is 1. The van der Waals surface area contributed by atoms with Gasteiger partial charge in [-0.3, -0.25) is 15.3 Å². The standard InChI is InChI=1S/C17H12FN5OS2/c1-9-2-3-10(6-12(9)18)14-11(8-21-22-14)7-13-15(24)23(16(19)26-13)17-20-4-5-25-17/h2-8,19H,1H3,(H,21,22)/b13-7-,19-16?. The van der Waals surface area contributed by atoms with Crippen molar-refractivity contribution in [1.82, 2.24) is 15.2 Å². The molecule has 9 heteroatoms. The summed E-state index contributed by atoms with van der Waals surface area (Å²) in [6.07, 6.45) is 4.82. The number of aryl methyl sites for hydroxylation is 1. The summed E-state index contributed by atoms with van der Waals surface area (Å²) >= 11 is 2.35. The van der Waals surface area contributed by atoms with Crippen LogP contribution < -0.4 is 4.90 Å². The first-order valence-corrected chi connectivity index (χ1v) is 9.26. The van der Waals surface area contributed by atoms with Crippen molar-refractivity contribution in [2.24, 2.45) is 0 Å². The molecule has 1 amide bonds. The van der Waals surface area contributed by atoms with Crippen LogP contribution in [0.5, 0.6) is 0 Å². The van der Waals surface area contributed by atoms with Crippen LogP contribution in [0.2, 0.25) is 0 Å². The number of thiazole rings is 1. The number of hydrogen-bond acceptors (Lipinski definition) is 6. The van der Waals surface area contributed by atoms with Crippen LogP contribution in [-0.4, -0.2) is 26.3 Å². The molecule has 1 aromatic carbocycles. The molecule has 26 heavy (non-hydrogen) atoms. The Bertz CT molecular complexity index is 1040. The van der Waals surface area contributed by atoms with E-state index in [9.17, 15) is 9.18 Å². The molecule has 2 N–H and O–H groups in total. The summed E-state index contributed by atoms with van der Waals surface area (Å²) in [4.78, 5) is 18.4. The highest BCUT2D eigenvalue weighted by Crippen LogP contribution is 2.37. The molecule has 4 rings (SSSR count). The molecule has 130 valence electrons. The number of nitrogens with zero attached hydrogens (tertiary/aromatic N) is 3. The van der Waals surface area contributed by atoms with Gasteiger partial charge in [-0.15, -0.1) is 11.3 Å². The highest BCUT2D eigenvalue weighted by molar-refractivity contribution is 8.19. The maximum absolute atomic E-state index is 13.9. The van der Waals surface area contributed by atoms with E-state index >= 15 is 0 Å². The summed E-state index contributed by atoms with van der Waals surface area (Å²) in [5.41, 5.74) is 2.46. The van der Waals surface area contributed by atoms with Gasteiger partial charge in [0.2, 0.25) is 0 Å². The van der Waals surface area contributed by atoms with Crippen molar-refractivity contribution in [1.29, 1.82) is 5.41 Å². The van der Waals surface area contributed by atoms with Crippen molar-refractivity contribution < 1.29 is 9.18 Å². The van der Waals surface area contributed by atoms with Crippen LogP contribution in [0.3, 0.4) is 0 Å². The van der Waals surface area contributed by atoms with Gasteiger partial charge in [0.25, 0.3) is 5.91 Å². The fourth-order valence-electron chi connectivity index (χ4n) is 2.51. The van der Waals surface area contributed by atoms with Gasteiger partial charge in [0.15, 0.2) is 10.3 Å². The lowest BCUT2D eigenvalue weighted by Crippen LogP contribution is -2.27. The number of amidine groups is 1. The molecule has 0 bridgehead atoms. The number of hydrogen-bond donors (Lipinski definition) is 2. The van der Waals surface area contributed by atoms with E-state index in [4.69, 9.17) is 5.41 Å². The number of anilines is 1. The number of rotatable bonds is 3. The maximum atomic E-state index is 13.9. The van der Waals surface area contributed by atoms with Crippen molar-refractivity contribution in [3.63, 3.8) is 0 Å². The van der Waals surface area contributed by atoms with E-state index in [1.165, 1.54) is 22.3 Å². The number of thioether (sulfide) groups is 1. The van der Waals surface area contributed by atoms with E-state index in [-0.39, 0.29) is 16.9 Å². The molecule has 0 spiro atoms. The summed E-state index contributed by atoms with van der Waals surface area (Å²) in [6, 6.07) is 4.91.